The van der Waals surface area contributed by atoms with E-state index in [4.69, 9.17) is 15.2 Å². The minimum atomic E-state index is -0.727. The number of nitro benzene ring substituents is 1. The first-order chi connectivity index (χ1) is 11.9. The standard InChI is InChI=1S/C16H22BrN3O6/c1-16(2,3)26-15(22)19(4)6-5-7-25-12-9-10(14(18)21)8-11(17)13(12)20(23)24/h8-9H,5-7H2,1-4H3,(H2,18,21). The number of ether oxygens (including phenoxy) is 2. The Morgan fingerprint density at radius 1 is 1.35 bits per heavy atom. The number of carbonyl (C=O) groups is 2. The van der Waals surface area contributed by atoms with Crippen LogP contribution in [0, 0.1) is 10.1 Å². The molecule has 0 aromatic heterocycles. The van der Waals surface area contributed by atoms with Gasteiger partial charge in [0.2, 0.25) is 5.91 Å². The Bertz CT molecular complexity index is 702. The van der Waals surface area contributed by atoms with Gasteiger partial charge in [-0.1, -0.05) is 0 Å². The van der Waals surface area contributed by atoms with Gasteiger partial charge >= 0.3 is 11.8 Å². The normalized spacial score (nSPS) is 11.0. The van der Waals surface area contributed by atoms with E-state index in [9.17, 15) is 19.7 Å². The summed E-state index contributed by atoms with van der Waals surface area (Å²) in [5.74, 6) is -0.798. The monoisotopic (exact) mass is 431 g/mol. The summed E-state index contributed by atoms with van der Waals surface area (Å²) >= 11 is 3.05. The number of benzene rings is 1. The third kappa shape index (κ3) is 6.51. The molecule has 0 radical (unpaired) electrons. The van der Waals surface area contributed by atoms with Gasteiger partial charge in [0.25, 0.3) is 0 Å². The molecule has 26 heavy (non-hydrogen) atoms. The second kappa shape index (κ2) is 8.84. The molecule has 2 N–H and O–H groups in total. The molecule has 0 aliphatic carbocycles. The van der Waals surface area contributed by atoms with Crippen LogP contribution in [0.3, 0.4) is 0 Å². The SMILES string of the molecule is CN(CCCOc1cc(C(N)=O)cc(Br)c1[N+](=O)[O-])C(=O)OC(C)(C)C. The molecule has 0 atom stereocenters. The molecule has 0 heterocycles. The van der Waals surface area contributed by atoms with E-state index in [0.29, 0.717) is 13.0 Å². The molecule has 0 unspecified atom stereocenters. The van der Waals surface area contributed by atoms with Crippen molar-refractivity contribution >= 4 is 33.6 Å². The summed E-state index contributed by atoms with van der Waals surface area (Å²) in [7, 11) is 1.58. The minimum absolute atomic E-state index is 0.0712. The molecule has 2 amide bonds. The number of nitro groups is 1. The maximum atomic E-state index is 11.8. The Morgan fingerprint density at radius 2 is 1.96 bits per heavy atom. The van der Waals surface area contributed by atoms with E-state index in [1.54, 1.807) is 27.8 Å². The number of hydrogen-bond acceptors (Lipinski definition) is 6. The predicted molar refractivity (Wildman–Crippen MR) is 98.3 cm³/mol. The average Bonchev–Trinajstić information content (AvgIpc) is 2.48. The van der Waals surface area contributed by atoms with E-state index in [0.717, 1.165) is 0 Å². The average molecular weight is 432 g/mol. The number of rotatable bonds is 7. The molecule has 1 aromatic carbocycles. The lowest BCUT2D eigenvalue weighted by atomic mass is 10.2. The largest absolute Gasteiger partial charge is 0.487 e. The number of nitrogens with zero attached hydrogens (tertiary/aromatic N) is 2. The Hall–Kier alpha value is -2.36. The Balaban J connectivity index is 2.71. The van der Waals surface area contributed by atoms with Crippen LogP contribution in [0.1, 0.15) is 37.6 Å². The van der Waals surface area contributed by atoms with Crippen LogP contribution in [0.5, 0.6) is 5.75 Å². The lowest BCUT2D eigenvalue weighted by Crippen LogP contribution is -2.35. The molecule has 0 saturated heterocycles. The van der Waals surface area contributed by atoms with Gasteiger partial charge in [-0.25, -0.2) is 4.79 Å². The van der Waals surface area contributed by atoms with E-state index >= 15 is 0 Å². The van der Waals surface area contributed by atoms with Crippen molar-refractivity contribution in [3.8, 4) is 5.75 Å². The third-order valence-corrected chi connectivity index (χ3v) is 3.70. The summed E-state index contributed by atoms with van der Waals surface area (Å²) in [6.07, 6.45) is -0.0624. The van der Waals surface area contributed by atoms with Crippen molar-refractivity contribution in [1.29, 1.82) is 0 Å². The van der Waals surface area contributed by atoms with Crippen LogP contribution in [0.2, 0.25) is 0 Å². The van der Waals surface area contributed by atoms with Crippen LogP contribution in [-0.4, -0.2) is 47.6 Å². The van der Waals surface area contributed by atoms with Gasteiger partial charge in [-0.05, 0) is 49.2 Å². The lowest BCUT2D eigenvalue weighted by molar-refractivity contribution is -0.386. The zero-order valence-corrected chi connectivity index (χ0v) is 16.7. The maximum Gasteiger partial charge on any atom is 0.410 e. The summed E-state index contributed by atoms with van der Waals surface area (Å²) < 4.78 is 10.8. The third-order valence-electron chi connectivity index (χ3n) is 3.10. The fourth-order valence-corrected chi connectivity index (χ4v) is 2.51. The van der Waals surface area contributed by atoms with Gasteiger partial charge < -0.3 is 20.1 Å². The number of nitrogens with two attached hydrogens (primary N) is 1. The topological polar surface area (TPSA) is 125 Å². The van der Waals surface area contributed by atoms with Gasteiger partial charge in [0.1, 0.15) is 10.1 Å². The second-order valence-corrected chi connectivity index (χ2v) is 7.38. The van der Waals surface area contributed by atoms with E-state index < -0.39 is 22.5 Å². The van der Waals surface area contributed by atoms with Crippen LogP contribution in [0.4, 0.5) is 10.5 Å². The van der Waals surface area contributed by atoms with E-state index in [-0.39, 0.29) is 28.1 Å². The van der Waals surface area contributed by atoms with Gasteiger partial charge in [-0.15, -0.1) is 0 Å². The van der Waals surface area contributed by atoms with Crippen LogP contribution < -0.4 is 10.5 Å². The van der Waals surface area contributed by atoms with Crippen molar-refractivity contribution in [3.05, 3.63) is 32.3 Å². The molecule has 1 rings (SSSR count). The van der Waals surface area contributed by atoms with Crippen molar-refractivity contribution in [2.45, 2.75) is 32.8 Å². The second-order valence-electron chi connectivity index (χ2n) is 6.53. The molecule has 9 nitrogen and oxygen atoms in total. The molecule has 144 valence electrons. The first-order valence-electron chi connectivity index (χ1n) is 7.77. The van der Waals surface area contributed by atoms with E-state index in [1.165, 1.54) is 17.0 Å². The fraction of sp³-hybridized carbons (Fsp3) is 0.500. The molecule has 1 aromatic rings. The lowest BCUT2D eigenvalue weighted by Gasteiger charge is -2.24. The summed E-state index contributed by atoms with van der Waals surface area (Å²) in [4.78, 5) is 35.1. The van der Waals surface area contributed by atoms with Crippen molar-refractivity contribution in [2.75, 3.05) is 20.2 Å². The van der Waals surface area contributed by atoms with Crippen molar-refractivity contribution in [2.24, 2.45) is 5.73 Å². The Morgan fingerprint density at radius 3 is 2.46 bits per heavy atom. The maximum absolute atomic E-state index is 11.8. The van der Waals surface area contributed by atoms with Gasteiger partial charge in [-0.2, -0.15) is 0 Å². The minimum Gasteiger partial charge on any atom is -0.487 e. The molecule has 0 spiro atoms. The van der Waals surface area contributed by atoms with Crippen LogP contribution in [-0.2, 0) is 4.74 Å². The van der Waals surface area contributed by atoms with Gasteiger partial charge in [0.05, 0.1) is 11.5 Å². The molecular formula is C16H22BrN3O6. The number of hydrogen-bond donors (Lipinski definition) is 1. The smallest absolute Gasteiger partial charge is 0.410 e. The molecule has 10 heteroatoms. The number of primary amides is 1. The summed E-state index contributed by atoms with van der Waals surface area (Å²) in [5.41, 5.74) is 4.41. The predicted octanol–water partition coefficient (Wildman–Crippen LogP) is 3.09. The molecule has 0 aliphatic rings. The molecular weight excluding hydrogens is 410 g/mol. The van der Waals surface area contributed by atoms with Crippen LogP contribution in [0.15, 0.2) is 16.6 Å². The highest BCUT2D eigenvalue weighted by Gasteiger charge is 2.23. The molecule has 0 aliphatic heterocycles. The van der Waals surface area contributed by atoms with Crippen LogP contribution in [0.25, 0.3) is 0 Å². The summed E-state index contributed by atoms with van der Waals surface area (Å²) in [5, 5.41) is 11.2. The zero-order chi connectivity index (χ0) is 20.1. The van der Waals surface area contributed by atoms with Gasteiger partial charge in [0, 0.05) is 25.2 Å². The van der Waals surface area contributed by atoms with Crippen molar-refractivity contribution in [3.63, 3.8) is 0 Å². The van der Waals surface area contributed by atoms with Crippen molar-refractivity contribution < 1.29 is 24.0 Å². The zero-order valence-electron chi connectivity index (χ0n) is 15.1. The molecule has 0 bridgehead atoms. The Kier molecular flexibility index (Phi) is 7.37. The number of amides is 2. The number of halogens is 1. The highest BCUT2D eigenvalue weighted by Crippen LogP contribution is 2.36. The summed E-state index contributed by atoms with van der Waals surface area (Å²) in [6, 6.07) is 2.49. The number of carbonyl (C=O) groups excluding carboxylic acids is 2. The first kappa shape index (κ1) is 21.7. The van der Waals surface area contributed by atoms with Crippen molar-refractivity contribution in [1.82, 2.24) is 4.90 Å². The van der Waals surface area contributed by atoms with E-state index in [2.05, 4.69) is 15.9 Å². The van der Waals surface area contributed by atoms with Gasteiger partial charge in [-0.3, -0.25) is 14.9 Å². The quantitative estimate of drug-likeness (QED) is 0.401. The fourth-order valence-electron chi connectivity index (χ4n) is 1.92. The van der Waals surface area contributed by atoms with Crippen LogP contribution >= 0.6 is 15.9 Å². The summed E-state index contributed by atoms with van der Waals surface area (Å²) in [6.45, 7) is 5.74. The Labute approximate surface area is 159 Å². The highest BCUT2D eigenvalue weighted by atomic mass is 79.9. The van der Waals surface area contributed by atoms with E-state index in [1.807, 2.05) is 0 Å². The first-order valence-corrected chi connectivity index (χ1v) is 8.56. The molecule has 0 fully saturated rings. The molecule has 0 saturated carbocycles. The van der Waals surface area contributed by atoms with Gasteiger partial charge in [0.15, 0.2) is 5.75 Å². The highest BCUT2D eigenvalue weighted by molar-refractivity contribution is 9.10.